The van der Waals surface area contributed by atoms with Gasteiger partial charge >= 0.3 is 0 Å². The number of hydrogen-bond acceptors (Lipinski definition) is 2. The highest BCUT2D eigenvalue weighted by Gasteiger charge is 2.15. The Bertz CT molecular complexity index is 571. The fourth-order valence-electron chi connectivity index (χ4n) is 2.07. The molecule has 1 aromatic carbocycles. The van der Waals surface area contributed by atoms with E-state index in [1.807, 2.05) is 6.33 Å². The third-order valence-corrected chi connectivity index (χ3v) is 3.51. The summed E-state index contributed by atoms with van der Waals surface area (Å²) in [5, 5.41) is 0. The molecule has 0 saturated heterocycles. The van der Waals surface area contributed by atoms with Gasteiger partial charge in [0.15, 0.2) is 0 Å². The molecule has 0 spiro atoms. The summed E-state index contributed by atoms with van der Waals surface area (Å²) in [6.45, 7) is 6.28. The minimum Gasteiger partial charge on any atom is -0.392 e. The van der Waals surface area contributed by atoms with Crippen LogP contribution in [0.15, 0.2) is 18.5 Å². The number of hydrogen-bond donors (Lipinski definition) is 1. The molecule has 17 heavy (non-hydrogen) atoms. The van der Waals surface area contributed by atoms with Crippen molar-refractivity contribution in [3.63, 3.8) is 0 Å². The van der Waals surface area contributed by atoms with Crippen LogP contribution in [0.2, 0.25) is 0 Å². The summed E-state index contributed by atoms with van der Waals surface area (Å²) in [6.07, 6.45) is 2.71. The van der Waals surface area contributed by atoms with E-state index in [9.17, 15) is 0 Å². The largest absolute Gasteiger partial charge is 0.392 e. The third-order valence-electron chi connectivity index (χ3n) is 3.24. The lowest BCUT2D eigenvalue weighted by atomic mass is 10.1. The van der Waals surface area contributed by atoms with Gasteiger partial charge in [0.2, 0.25) is 0 Å². The molecule has 3 nitrogen and oxygen atoms in total. The molecule has 0 aliphatic carbocycles. The lowest BCUT2D eigenvalue weighted by molar-refractivity contribution is 0.636. The Labute approximate surface area is 107 Å². The van der Waals surface area contributed by atoms with Gasteiger partial charge in [-0.2, -0.15) is 0 Å². The molecule has 2 aromatic rings. The minimum absolute atomic E-state index is 0.0529. The van der Waals surface area contributed by atoms with E-state index in [0.29, 0.717) is 4.99 Å². The highest BCUT2D eigenvalue weighted by atomic mass is 32.1. The molecule has 0 aliphatic rings. The summed E-state index contributed by atoms with van der Waals surface area (Å²) >= 11 is 5.11. The summed E-state index contributed by atoms with van der Waals surface area (Å²) in [4.78, 5) is 4.94. The Morgan fingerprint density at radius 1 is 1.41 bits per heavy atom. The summed E-state index contributed by atoms with van der Waals surface area (Å²) in [5.74, 6) is 0. The minimum atomic E-state index is 0.0529. The molecule has 2 rings (SSSR count). The standard InChI is InChI=1S/C13H17N3S/c1-4-11(13(14)17)16-7-15-10-5-8(2)9(3)6-12(10)16/h5-7,11H,4H2,1-3H3,(H2,14,17). The monoisotopic (exact) mass is 247 g/mol. The first-order valence-corrected chi connectivity index (χ1v) is 6.18. The highest BCUT2D eigenvalue weighted by molar-refractivity contribution is 7.80. The van der Waals surface area contributed by atoms with Gasteiger partial charge < -0.3 is 10.3 Å². The fourth-order valence-corrected chi connectivity index (χ4v) is 2.35. The SMILES string of the molecule is CCC(C(N)=S)n1cnc2cc(C)c(C)cc21. The van der Waals surface area contributed by atoms with Crippen molar-refractivity contribution >= 4 is 28.2 Å². The lowest BCUT2D eigenvalue weighted by Crippen LogP contribution is -2.23. The van der Waals surface area contributed by atoms with Crippen LogP contribution in [0.25, 0.3) is 11.0 Å². The third kappa shape index (κ3) is 2.05. The van der Waals surface area contributed by atoms with Crippen molar-refractivity contribution in [3.8, 4) is 0 Å². The zero-order valence-electron chi connectivity index (χ0n) is 10.4. The van der Waals surface area contributed by atoms with Crippen molar-refractivity contribution < 1.29 is 0 Å². The number of imidazole rings is 1. The Morgan fingerprint density at radius 3 is 2.65 bits per heavy atom. The smallest absolute Gasteiger partial charge is 0.0964 e. The maximum atomic E-state index is 5.78. The second-order valence-corrected chi connectivity index (χ2v) is 4.87. The van der Waals surface area contributed by atoms with Crippen molar-refractivity contribution in [1.82, 2.24) is 9.55 Å². The van der Waals surface area contributed by atoms with Gasteiger partial charge in [-0.15, -0.1) is 0 Å². The first-order chi connectivity index (χ1) is 8.04. The van der Waals surface area contributed by atoms with Gasteiger partial charge in [-0.25, -0.2) is 4.98 Å². The Morgan fingerprint density at radius 2 is 2.06 bits per heavy atom. The van der Waals surface area contributed by atoms with E-state index in [0.717, 1.165) is 17.5 Å². The average Bonchev–Trinajstić information content (AvgIpc) is 2.63. The van der Waals surface area contributed by atoms with Crippen molar-refractivity contribution in [3.05, 3.63) is 29.6 Å². The molecule has 0 radical (unpaired) electrons. The van der Waals surface area contributed by atoms with Crippen molar-refractivity contribution in [2.45, 2.75) is 33.2 Å². The summed E-state index contributed by atoms with van der Waals surface area (Å²) in [7, 11) is 0. The number of aryl methyl sites for hydroxylation is 2. The molecular formula is C13H17N3S. The van der Waals surface area contributed by atoms with Crippen LogP contribution < -0.4 is 5.73 Å². The average molecular weight is 247 g/mol. The molecule has 0 bridgehead atoms. The van der Waals surface area contributed by atoms with Gasteiger partial charge in [0, 0.05) is 0 Å². The number of thiocarbonyl (C=S) groups is 1. The molecule has 0 saturated carbocycles. The molecule has 2 N–H and O–H groups in total. The Kier molecular flexibility index (Phi) is 3.15. The first kappa shape index (κ1) is 12.0. The summed E-state index contributed by atoms with van der Waals surface area (Å²) in [5.41, 5.74) is 10.4. The molecule has 0 amide bonds. The molecule has 1 atom stereocenters. The quantitative estimate of drug-likeness (QED) is 0.848. The number of fused-ring (bicyclic) bond motifs is 1. The van der Waals surface area contributed by atoms with Crippen LogP contribution in [0.4, 0.5) is 0 Å². The van der Waals surface area contributed by atoms with E-state index in [4.69, 9.17) is 18.0 Å². The fraction of sp³-hybridized carbons (Fsp3) is 0.385. The van der Waals surface area contributed by atoms with Gasteiger partial charge in [-0.05, 0) is 43.5 Å². The number of aromatic nitrogens is 2. The van der Waals surface area contributed by atoms with Crippen molar-refractivity contribution in [2.75, 3.05) is 0 Å². The van der Waals surface area contributed by atoms with E-state index in [2.05, 4.69) is 42.5 Å². The number of benzene rings is 1. The van der Waals surface area contributed by atoms with Crippen LogP contribution in [-0.2, 0) is 0 Å². The predicted molar refractivity (Wildman–Crippen MR) is 75.3 cm³/mol. The predicted octanol–water partition coefficient (Wildman–Crippen LogP) is 2.89. The highest BCUT2D eigenvalue weighted by Crippen LogP contribution is 2.23. The number of nitrogens with two attached hydrogens (primary N) is 1. The second-order valence-electron chi connectivity index (χ2n) is 4.40. The molecular weight excluding hydrogens is 230 g/mol. The molecule has 1 aromatic heterocycles. The van der Waals surface area contributed by atoms with E-state index in [-0.39, 0.29) is 6.04 Å². The maximum Gasteiger partial charge on any atom is 0.0964 e. The maximum absolute atomic E-state index is 5.78. The number of rotatable bonds is 3. The summed E-state index contributed by atoms with van der Waals surface area (Å²) < 4.78 is 2.07. The van der Waals surface area contributed by atoms with Crippen LogP contribution in [0, 0.1) is 13.8 Å². The molecule has 1 unspecified atom stereocenters. The Balaban J connectivity index is 2.63. The molecule has 90 valence electrons. The van der Waals surface area contributed by atoms with E-state index in [1.165, 1.54) is 11.1 Å². The van der Waals surface area contributed by atoms with Crippen molar-refractivity contribution in [1.29, 1.82) is 0 Å². The van der Waals surface area contributed by atoms with Gasteiger partial charge in [-0.1, -0.05) is 19.1 Å². The van der Waals surface area contributed by atoms with Crippen LogP contribution in [0.5, 0.6) is 0 Å². The van der Waals surface area contributed by atoms with E-state index >= 15 is 0 Å². The molecule has 0 aliphatic heterocycles. The van der Waals surface area contributed by atoms with Gasteiger partial charge in [-0.3, -0.25) is 0 Å². The van der Waals surface area contributed by atoms with Crippen LogP contribution >= 0.6 is 12.2 Å². The van der Waals surface area contributed by atoms with Gasteiger partial charge in [0.25, 0.3) is 0 Å². The molecule has 0 fully saturated rings. The van der Waals surface area contributed by atoms with Crippen LogP contribution in [0.1, 0.15) is 30.5 Å². The second kappa shape index (κ2) is 4.45. The topological polar surface area (TPSA) is 43.8 Å². The van der Waals surface area contributed by atoms with Gasteiger partial charge in [0.1, 0.15) is 0 Å². The zero-order valence-corrected chi connectivity index (χ0v) is 11.2. The van der Waals surface area contributed by atoms with E-state index in [1.54, 1.807) is 0 Å². The van der Waals surface area contributed by atoms with E-state index < -0.39 is 0 Å². The van der Waals surface area contributed by atoms with Gasteiger partial charge in [0.05, 0.1) is 28.4 Å². The number of nitrogens with zero attached hydrogens (tertiary/aromatic N) is 2. The van der Waals surface area contributed by atoms with Crippen LogP contribution in [0.3, 0.4) is 0 Å². The lowest BCUT2D eigenvalue weighted by Gasteiger charge is -2.16. The van der Waals surface area contributed by atoms with Crippen LogP contribution in [-0.4, -0.2) is 14.5 Å². The van der Waals surface area contributed by atoms with Crippen molar-refractivity contribution in [2.24, 2.45) is 5.73 Å². The molecule has 1 heterocycles. The zero-order chi connectivity index (χ0) is 12.6. The molecule has 4 heteroatoms. The summed E-state index contributed by atoms with van der Waals surface area (Å²) in [6, 6.07) is 4.31. The first-order valence-electron chi connectivity index (χ1n) is 5.77. The Hall–Kier alpha value is -1.42. The normalized spacial score (nSPS) is 12.9.